The maximum absolute atomic E-state index is 10.8. The van der Waals surface area contributed by atoms with Crippen molar-refractivity contribution in [1.82, 2.24) is 0 Å². The van der Waals surface area contributed by atoms with Crippen molar-refractivity contribution in [3.05, 3.63) is 89.5 Å². The fourth-order valence-corrected chi connectivity index (χ4v) is 7.60. The summed E-state index contributed by atoms with van der Waals surface area (Å²) in [4.78, 5) is 32.3. The van der Waals surface area contributed by atoms with Gasteiger partial charge in [-0.25, -0.2) is 0 Å². The van der Waals surface area contributed by atoms with Crippen molar-refractivity contribution >= 4 is 40.0 Å². The Bertz CT molecular complexity index is 1220. The first-order chi connectivity index (χ1) is 26.2. The zero-order valence-electron chi connectivity index (χ0n) is 34.3. The Morgan fingerprint density at radius 3 is 0.691 bits per heavy atom. The van der Waals surface area contributed by atoms with E-state index < -0.39 is 24.1 Å². The van der Waals surface area contributed by atoms with Gasteiger partial charge in [0, 0.05) is 24.1 Å². The third kappa shape index (κ3) is 29.6. The number of hydrogen-bond acceptors (Lipinski definition) is 6. The molecule has 0 saturated heterocycles. The molecule has 10 heteroatoms. The van der Waals surface area contributed by atoms with Crippen molar-refractivity contribution in [1.29, 1.82) is 0 Å². The Morgan fingerprint density at radius 1 is 0.327 bits per heavy atom. The van der Waals surface area contributed by atoms with Gasteiger partial charge in [0.1, 0.15) is 0 Å². The van der Waals surface area contributed by atoms with Gasteiger partial charge in [-0.1, -0.05) is 209 Å². The van der Waals surface area contributed by atoms with Gasteiger partial charge < -0.3 is 28.4 Å². The van der Waals surface area contributed by atoms with E-state index in [1.165, 1.54) is 152 Å². The molecule has 0 aliphatic rings. The minimum atomic E-state index is -2.77. The van der Waals surface area contributed by atoms with Crippen LogP contribution in [0.25, 0.3) is 0 Å². The molecule has 3 unspecified atom stereocenters. The predicted molar refractivity (Wildman–Crippen MR) is 230 cm³/mol. The van der Waals surface area contributed by atoms with Crippen LogP contribution in [0.3, 0.4) is 0 Å². The van der Waals surface area contributed by atoms with Crippen molar-refractivity contribution in [3.63, 3.8) is 0 Å². The van der Waals surface area contributed by atoms with Gasteiger partial charge in [-0.3, -0.25) is 0 Å². The molecule has 55 heavy (non-hydrogen) atoms. The van der Waals surface area contributed by atoms with Crippen molar-refractivity contribution < 1.29 is 45.7 Å². The summed E-state index contributed by atoms with van der Waals surface area (Å²) in [5.41, 5.74) is 3.74. The molecule has 3 aromatic carbocycles. The molecule has 0 amide bonds. The van der Waals surface area contributed by atoms with Gasteiger partial charge in [-0.2, -0.15) is 0 Å². The van der Waals surface area contributed by atoms with Crippen LogP contribution in [0.15, 0.2) is 72.8 Å². The number of hydrogen-bond donors (Lipinski definition) is 0. The smallest absolute Gasteiger partial charge is 0.798 e. The Hall–Kier alpha value is -1.24. The number of aryl methyl sites for hydroxylation is 3. The molecule has 1 radical (unpaired) electrons. The standard InChI is InChI=1S/3C15H25O2P.Cr/c3*1-2-3-4-5-6-7-8-9-14-10-12-15(13-11-14)18(16)17;/h3*10-13,18H,2-9H2,1H3,(H,16,17);/q;;;+3/p-3. The summed E-state index contributed by atoms with van der Waals surface area (Å²) in [6.45, 7) is 6.71. The van der Waals surface area contributed by atoms with Crippen LogP contribution in [0.1, 0.15) is 172 Å². The molecule has 3 rings (SSSR count). The van der Waals surface area contributed by atoms with Crippen LogP contribution >= 0.6 is 24.1 Å². The van der Waals surface area contributed by atoms with Crippen LogP contribution in [0, 0.1) is 0 Å². The first-order valence-corrected chi connectivity index (χ1v) is 25.1. The third-order valence-electron chi connectivity index (χ3n) is 9.78. The summed E-state index contributed by atoms with van der Waals surface area (Å²) in [7, 11) is -8.30. The molecule has 6 nitrogen and oxygen atoms in total. The molecule has 0 aliphatic carbocycles. The first kappa shape index (κ1) is 53.8. The maximum Gasteiger partial charge on any atom is 3.00 e. The van der Waals surface area contributed by atoms with Gasteiger partial charge in [0.15, 0.2) is 0 Å². The summed E-state index contributed by atoms with van der Waals surface area (Å²) in [5, 5.41) is 1.34. The fraction of sp³-hybridized carbons (Fsp3) is 0.600. The van der Waals surface area contributed by atoms with Gasteiger partial charge in [0.05, 0.1) is 0 Å². The minimum Gasteiger partial charge on any atom is -0.798 e. The largest absolute Gasteiger partial charge is 3.00 e. The van der Waals surface area contributed by atoms with Gasteiger partial charge in [0.25, 0.3) is 0 Å². The van der Waals surface area contributed by atoms with E-state index in [2.05, 4.69) is 20.8 Å². The summed E-state index contributed by atoms with van der Waals surface area (Å²) in [5.74, 6) is 0. The SMILES string of the molecule is CCCCCCCCCc1ccc([PH](=O)[O-])cc1.CCCCCCCCCc1ccc([PH](=O)[O-])cc1.CCCCCCCCCc1ccc([PH](=O)[O-])cc1.[Cr+3]. The van der Waals surface area contributed by atoms with E-state index in [0.717, 1.165) is 19.3 Å². The van der Waals surface area contributed by atoms with E-state index in [4.69, 9.17) is 0 Å². The molecular formula is C45H72CrO6P3. The second-order valence-electron chi connectivity index (χ2n) is 14.6. The molecule has 0 aromatic heterocycles. The average Bonchev–Trinajstić information content (AvgIpc) is 3.18. The van der Waals surface area contributed by atoms with Crippen LogP contribution in [0.4, 0.5) is 0 Å². The van der Waals surface area contributed by atoms with Crippen LogP contribution in [-0.4, -0.2) is 0 Å². The molecule has 0 saturated carbocycles. The Kier molecular flexibility index (Phi) is 36.2. The van der Waals surface area contributed by atoms with Crippen molar-refractivity contribution in [2.75, 3.05) is 0 Å². The molecular weight excluding hydrogens is 781 g/mol. The first-order valence-electron chi connectivity index (χ1n) is 21.1. The molecule has 0 N–H and O–H groups in total. The summed E-state index contributed by atoms with van der Waals surface area (Å²) >= 11 is 0. The summed E-state index contributed by atoms with van der Waals surface area (Å²) < 4.78 is 32.3. The molecule has 0 heterocycles. The van der Waals surface area contributed by atoms with Crippen LogP contribution in [0.2, 0.25) is 0 Å². The molecule has 3 atom stereocenters. The van der Waals surface area contributed by atoms with E-state index in [-0.39, 0.29) is 17.4 Å². The van der Waals surface area contributed by atoms with E-state index in [1.54, 1.807) is 36.4 Å². The van der Waals surface area contributed by atoms with Crippen LogP contribution < -0.4 is 30.6 Å². The van der Waals surface area contributed by atoms with E-state index in [0.29, 0.717) is 15.9 Å². The van der Waals surface area contributed by atoms with Gasteiger partial charge >= 0.3 is 17.4 Å². The molecule has 0 fully saturated rings. The molecule has 0 aliphatic heterocycles. The number of rotatable bonds is 27. The quantitative estimate of drug-likeness (QED) is 0.0556. The fourth-order valence-electron chi connectivity index (χ4n) is 6.28. The Morgan fingerprint density at radius 2 is 0.509 bits per heavy atom. The second kappa shape index (κ2) is 37.1. The van der Waals surface area contributed by atoms with Crippen molar-refractivity contribution in [2.45, 2.75) is 175 Å². The van der Waals surface area contributed by atoms with Crippen molar-refractivity contribution in [2.24, 2.45) is 0 Å². The van der Waals surface area contributed by atoms with E-state index in [1.807, 2.05) is 36.4 Å². The van der Waals surface area contributed by atoms with Crippen LogP contribution in [-0.2, 0) is 50.3 Å². The average molecular weight is 854 g/mol. The topological polar surface area (TPSA) is 120 Å². The number of benzene rings is 3. The molecule has 309 valence electrons. The summed E-state index contributed by atoms with van der Waals surface area (Å²) in [6.07, 6.45) is 30.8. The minimum absolute atomic E-state index is 0. The zero-order chi connectivity index (χ0) is 39.7. The van der Waals surface area contributed by atoms with E-state index in [9.17, 15) is 28.4 Å². The summed E-state index contributed by atoms with van der Waals surface area (Å²) in [6, 6.07) is 21.9. The number of unbranched alkanes of at least 4 members (excludes halogenated alkanes) is 18. The second-order valence-corrected chi connectivity index (χ2v) is 18.0. The van der Waals surface area contributed by atoms with Gasteiger partial charge in [-0.05, 0) is 71.1 Å². The third-order valence-corrected chi connectivity index (χ3v) is 12.2. The van der Waals surface area contributed by atoms with Crippen molar-refractivity contribution in [3.8, 4) is 0 Å². The van der Waals surface area contributed by atoms with E-state index >= 15 is 0 Å². The van der Waals surface area contributed by atoms with Gasteiger partial charge in [-0.15, -0.1) is 0 Å². The van der Waals surface area contributed by atoms with Crippen LogP contribution in [0.5, 0.6) is 0 Å². The zero-order valence-corrected chi connectivity index (χ0v) is 38.5. The Labute approximate surface area is 348 Å². The van der Waals surface area contributed by atoms with Gasteiger partial charge in [0.2, 0.25) is 0 Å². The monoisotopic (exact) mass is 853 g/mol. The molecule has 0 bridgehead atoms. The molecule has 3 aromatic rings. The molecule has 0 spiro atoms. The normalized spacial score (nSPS) is 12.3. The maximum atomic E-state index is 10.8. The predicted octanol–water partition coefficient (Wildman–Crippen LogP) is 10.3. The Balaban J connectivity index is 0.000000788.